The lowest BCUT2D eigenvalue weighted by atomic mass is 10.2. The molecule has 0 aromatic carbocycles. The number of anilines is 1. The molecule has 0 aliphatic heterocycles. The van der Waals surface area contributed by atoms with E-state index in [9.17, 15) is 0 Å². The van der Waals surface area contributed by atoms with Crippen molar-refractivity contribution in [3.63, 3.8) is 0 Å². The molecule has 1 atom stereocenters. The lowest BCUT2D eigenvalue weighted by Crippen LogP contribution is -2.29. The summed E-state index contributed by atoms with van der Waals surface area (Å²) < 4.78 is 0. The second-order valence-electron chi connectivity index (χ2n) is 3.77. The average Bonchev–Trinajstić information content (AvgIpc) is 2.28. The number of nitrogens with zero attached hydrogens (tertiary/aromatic N) is 3. The highest BCUT2D eigenvalue weighted by atomic mass is 15.2. The average molecular weight is 203 g/mol. The molecule has 0 aliphatic rings. The van der Waals surface area contributed by atoms with Crippen LogP contribution in [0, 0.1) is 11.3 Å². The van der Waals surface area contributed by atoms with Crippen LogP contribution < -0.4 is 4.90 Å². The third-order valence-corrected chi connectivity index (χ3v) is 2.61. The van der Waals surface area contributed by atoms with Gasteiger partial charge in [-0.2, -0.15) is 5.26 Å². The van der Waals surface area contributed by atoms with Crippen LogP contribution >= 0.6 is 0 Å². The van der Waals surface area contributed by atoms with Crippen LogP contribution in [0.25, 0.3) is 0 Å². The molecule has 0 fully saturated rings. The van der Waals surface area contributed by atoms with Crippen LogP contribution in [0.15, 0.2) is 18.3 Å². The highest BCUT2D eigenvalue weighted by Gasteiger charge is 2.09. The fraction of sp³-hybridized carbons (Fsp3) is 0.500. The minimum atomic E-state index is 0.482. The lowest BCUT2D eigenvalue weighted by Gasteiger charge is -2.25. The van der Waals surface area contributed by atoms with Crippen molar-refractivity contribution in [1.29, 1.82) is 5.26 Å². The predicted octanol–water partition coefficient (Wildman–Crippen LogP) is 2.58. The number of hydrogen-bond donors (Lipinski definition) is 0. The lowest BCUT2D eigenvalue weighted by molar-refractivity contribution is 0.611. The number of pyridine rings is 1. The van der Waals surface area contributed by atoms with E-state index in [1.165, 1.54) is 6.42 Å². The zero-order chi connectivity index (χ0) is 11.3. The molecule has 0 N–H and O–H groups in total. The van der Waals surface area contributed by atoms with E-state index in [4.69, 9.17) is 5.26 Å². The van der Waals surface area contributed by atoms with Gasteiger partial charge in [-0.3, -0.25) is 0 Å². The summed E-state index contributed by atoms with van der Waals surface area (Å²) in [7, 11) is 2.04. The van der Waals surface area contributed by atoms with Crippen molar-refractivity contribution < 1.29 is 0 Å². The van der Waals surface area contributed by atoms with Crippen molar-refractivity contribution >= 4 is 5.82 Å². The molecule has 3 heteroatoms. The van der Waals surface area contributed by atoms with E-state index in [0.717, 1.165) is 12.2 Å². The standard InChI is InChI=1S/C12H17N3/c1-4-5-10(2)15(3)12-7-6-11(8-13)9-14-12/h6-7,9-10H,4-5H2,1-3H3. The quantitative estimate of drug-likeness (QED) is 0.755. The van der Waals surface area contributed by atoms with Crippen molar-refractivity contribution in [2.24, 2.45) is 0 Å². The van der Waals surface area contributed by atoms with Gasteiger partial charge in [-0.1, -0.05) is 13.3 Å². The van der Waals surface area contributed by atoms with E-state index in [-0.39, 0.29) is 0 Å². The van der Waals surface area contributed by atoms with Crippen LogP contribution in [-0.2, 0) is 0 Å². The Labute approximate surface area is 91.4 Å². The van der Waals surface area contributed by atoms with Gasteiger partial charge in [0.1, 0.15) is 11.9 Å². The molecule has 0 saturated carbocycles. The summed E-state index contributed by atoms with van der Waals surface area (Å²) in [5.41, 5.74) is 0.607. The van der Waals surface area contributed by atoms with Gasteiger partial charge in [0.2, 0.25) is 0 Å². The van der Waals surface area contributed by atoms with Crippen LogP contribution in [0.5, 0.6) is 0 Å². The van der Waals surface area contributed by atoms with Gasteiger partial charge in [0, 0.05) is 19.3 Å². The van der Waals surface area contributed by atoms with Gasteiger partial charge >= 0.3 is 0 Å². The smallest absolute Gasteiger partial charge is 0.128 e. The Hall–Kier alpha value is -1.56. The first-order valence-electron chi connectivity index (χ1n) is 5.28. The molecule has 0 aliphatic carbocycles. The van der Waals surface area contributed by atoms with Crippen LogP contribution in [0.1, 0.15) is 32.3 Å². The molecular weight excluding hydrogens is 186 g/mol. The second-order valence-corrected chi connectivity index (χ2v) is 3.77. The molecule has 1 aromatic heterocycles. The molecule has 0 radical (unpaired) electrons. The predicted molar refractivity (Wildman–Crippen MR) is 61.7 cm³/mol. The molecule has 15 heavy (non-hydrogen) atoms. The van der Waals surface area contributed by atoms with E-state index >= 15 is 0 Å². The van der Waals surface area contributed by atoms with Gasteiger partial charge in [-0.05, 0) is 25.5 Å². The maximum absolute atomic E-state index is 8.66. The fourth-order valence-corrected chi connectivity index (χ4v) is 1.50. The SMILES string of the molecule is CCCC(C)N(C)c1ccc(C#N)cn1. The van der Waals surface area contributed by atoms with Crippen LogP contribution in [0.4, 0.5) is 5.82 Å². The van der Waals surface area contributed by atoms with Crippen molar-refractivity contribution in [2.45, 2.75) is 32.7 Å². The molecule has 1 unspecified atom stereocenters. The summed E-state index contributed by atoms with van der Waals surface area (Å²) in [5, 5.41) is 8.66. The highest BCUT2D eigenvalue weighted by Crippen LogP contribution is 2.14. The van der Waals surface area contributed by atoms with Gasteiger partial charge in [-0.15, -0.1) is 0 Å². The number of aromatic nitrogens is 1. The minimum Gasteiger partial charge on any atom is -0.357 e. The first kappa shape index (κ1) is 11.5. The molecule has 0 bridgehead atoms. The zero-order valence-corrected chi connectivity index (χ0v) is 9.57. The van der Waals surface area contributed by atoms with E-state index in [1.54, 1.807) is 12.3 Å². The maximum Gasteiger partial charge on any atom is 0.128 e. The van der Waals surface area contributed by atoms with Crippen molar-refractivity contribution in [3.05, 3.63) is 23.9 Å². The Morgan fingerprint density at radius 2 is 2.27 bits per heavy atom. The minimum absolute atomic E-state index is 0.482. The van der Waals surface area contributed by atoms with E-state index < -0.39 is 0 Å². The third-order valence-electron chi connectivity index (χ3n) is 2.61. The largest absolute Gasteiger partial charge is 0.357 e. The summed E-state index contributed by atoms with van der Waals surface area (Å²) >= 11 is 0. The number of nitriles is 1. The fourth-order valence-electron chi connectivity index (χ4n) is 1.50. The Morgan fingerprint density at radius 1 is 1.53 bits per heavy atom. The van der Waals surface area contributed by atoms with Crippen LogP contribution in [0.2, 0.25) is 0 Å². The molecular formula is C12H17N3. The topological polar surface area (TPSA) is 39.9 Å². The van der Waals surface area contributed by atoms with Gasteiger partial charge in [-0.25, -0.2) is 4.98 Å². The molecule has 1 aromatic rings. The van der Waals surface area contributed by atoms with Gasteiger partial charge < -0.3 is 4.90 Å². The first-order valence-corrected chi connectivity index (χ1v) is 5.28. The van der Waals surface area contributed by atoms with Gasteiger partial charge in [0.25, 0.3) is 0 Å². The third kappa shape index (κ3) is 2.95. The number of hydrogen-bond acceptors (Lipinski definition) is 3. The Balaban J connectivity index is 2.74. The molecule has 3 nitrogen and oxygen atoms in total. The zero-order valence-electron chi connectivity index (χ0n) is 9.57. The van der Waals surface area contributed by atoms with Crippen molar-refractivity contribution in [3.8, 4) is 6.07 Å². The van der Waals surface area contributed by atoms with Crippen LogP contribution in [0.3, 0.4) is 0 Å². The Kier molecular flexibility index (Phi) is 4.11. The summed E-state index contributed by atoms with van der Waals surface area (Å²) in [6.07, 6.45) is 3.93. The first-order chi connectivity index (χ1) is 7.19. The Bertz CT molecular complexity index is 337. The normalized spacial score (nSPS) is 11.9. The summed E-state index contributed by atoms with van der Waals surface area (Å²) in [6.45, 7) is 4.36. The summed E-state index contributed by atoms with van der Waals surface area (Å²) in [6, 6.07) is 6.24. The van der Waals surface area contributed by atoms with Gasteiger partial charge in [0.15, 0.2) is 0 Å². The summed E-state index contributed by atoms with van der Waals surface area (Å²) in [5.74, 6) is 0.926. The van der Waals surface area contributed by atoms with Gasteiger partial charge in [0.05, 0.1) is 5.56 Å². The van der Waals surface area contributed by atoms with E-state index in [1.807, 2.05) is 13.1 Å². The molecule has 80 valence electrons. The maximum atomic E-state index is 8.66. The van der Waals surface area contributed by atoms with Crippen LogP contribution in [-0.4, -0.2) is 18.1 Å². The monoisotopic (exact) mass is 203 g/mol. The molecule has 0 amide bonds. The Morgan fingerprint density at radius 3 is 2.73 bits per heavy atom. The molecule has 1 heterocycles. The molecule has 0 saturated heterocycles. The molecule has 0 spiro atoms. The number of rotatable bonds is 4. The van der Waals surface area contributed by atoms with E-state index in [2.05, 4.69) is 29.8 Å². The van der Waals surface area contributed by atoms with Crippen molar-refractivity contribution in [2.75, 3.05) is 11.9 Å². The molecule has 1 rings (SSSR count). The highest BCUT2D eigenvalue weighted by molar-refractivity contribution is 5.41. The second kappa shape index (κ2) is 5.35. The summed E-state index contributed by atoms with van der Waals surface area (Å²) in [4.78, 5) is 6.40. The van der Waals surface area contributed by atoms with Crippen molar-refractivity contribution in [1.82, 2.24) is 4.98 Å². The van der Waals surface area contributed by atoms with E-state index in [0.29, 0.717) is 11.6 Å².